The Bertz CT molecular complexity index is 997. The van der Waals surface area contributed by atoms with Gasteiger partial charge >= 0.3 is 0 Å². The number of nitrogens with zero attached hydrogens (tertiary/aromatic N) is 2. The quantitative estimate of drug-likeness (QED) is 0.679. The molecule has 4 rings (SSSR count). The topological polar surface area (TPSA) is 50.3 Å². The van der Waals surface area contributed by atoms with Crippen molar-refractivity contribution in [3.8, 4) is 11.3 Å². The largest absolute Gasteiger partial charge is 0.260 e. The Morgan fingerprint density at radius 1 is 0.778 bits per heavy atom. The van der Waals surface area contributed by atoms with Crippen LogP contribution < -0.4 is 0 Å². The molecule has 0 radical (unpaired) electrons. The monoisotopic (exact) mass is 378 g/mol. The zero-order valence-corrected chi connectivity index (χ0v) is 15.8. The zero-order chi connectivity index (χ0) is 18.7. The Balaban J connectivity index is 1.53. The Hall–Kier alpha value is -2.50. The maximum absolute atomic E-state index is 13.1. The van der Waals surface area contributed by atoms with E-state index in [-0.39, 0.29) is 5.03 Å². The Morgan fingerprint density at radius 2 is 1.41 bits per heavy atom. The molecule has 138 valence electrons. The number of piperidine rings is 1. The van der Waals surface area contributed by atoms with Crippen LogP contribution in [0.5, 0.6) is 0 Å². The number of aromatic nitrogens is 1. The summed E-state index contributed by atoms with van der Waals surface area (Å²) in [7, 11) is -3.58. The van der Waals surface area contributed by atoms with Gasteiger partial charge in [-0.05, 0) is 36.5 Å². The molecule has 0 bridgehead atoms. The van der Waals surface area contributed by atoms with Crippen LogP contribution >= 0.6 is 0 Å². The van der Waals surface area contributed by atoms with E-state index in [0.717, 1.165) is 18.4 Å². The predicted octanol–water partition coefficient (Wildman–Crippen LogP) is 4.32. The van der Waals surface area contributed by atoms with Gasteiger partial charge in [0.05, 0.1) is 5.69 Å². The van der Waals surface area contributed by atoms with Crippen LogP contribution in [0.1, 0.15) is 24.3 Å². The summed E-state index contributed by atoms with van der Waals surface area (Å²) in [6, 6.07) is 25.2. The van der Waals surface area contributed by atoms with E-state index >= 15 is 0 Å². The lowest BCUT2D eigenvalue weighted by Crippen LogP contribution is -2.38. The lowest BCUT2D eigenvalue weighted by Gasteiger charge is -2.31. The molecule has 0 amide bonds. The molecule has 0 unspecified atom stereocenters. The molecule has 27 heavy (non-hydrogen) atoms. The second-order valence-corrected chi connectivity index (χ2v) is 8.70. The lowest BCUT2D eigenvalue weighted by molar-refractivity contribution is 0.318. The number of pyridine rings is 1. The van der Waals surface area contributed by atoms with Crippen LogP contribution in [-0.4, -0.2) is 30.8 Å². The van der Waals surface area contributed by atoms with E-state index in [2.05, 4.69) is 17.1 Å². The fourth-order valence-electron chi connectivity index (χ4n) is 3.62. The predicted molar refractivity (Wildman–Crippen MR) is 107 cm³/mol. The Labute approximate surface area is 160 Å². The highest BCUT2D eigenvalue weighted by atomic mass is 32.2. The summed E-state index contributed by atoms with van der Waals surface area (Å²) in [4.78, 5) is 4.44. The third-order valence-corrected chi connectivity index (χ3v) is 6.92. The van der Waals surface area contributed by atoms with E-state index in [1.165, 1.54) is 5.56 Å². The van der Waals surface area contributed by atoms with Crippen molar-refractivity contribution in [3.05, 3.63) is 84.4 Å². The first-order valence-corrected chi connectivity index (χ1v) is 10.7. The number of hydrogen-bond donors (Lipinski definition) is 0. The van der Waals surface area contributed by atoms with E-state index in [0.29, 0.717) is 24.7 Å². The van der Waals surface area contributed by atoms with Gasteiger partial charge in [-0.3, -0.25) is 0 Å². The summed E-state index contributed by atoms with van der Waals surface area (Å²) >= 11 is 0. The SMILES string of the molecule is O=S(=O)(c1cccc(-c2ccccc2)n1)N1CCC(c2ccccc2)CC1. The first kappa shape index (κ1) is 17.9. The van der Waals surface area contributed by atoms with Gasteiger partial charge in [-0.1, -0.05) is 66.7 Å². The second kappa shape index (κ2) is 7.62. The van der Waals surface area contributed by atoms with Gasteiger partial charge in [-0.15, -0.1) is 0 Å². The van der Waals surface area contributed by atoms with Gasteiger partial charge in [0.1, 0.15) is 0 Å². The molecule has 0 spiro atoms. The van der Waals surface area contributed by atoms with E-state index < -0.39 is 10.0 Å². The number of sulfonamides is 1. The highest BCUT2D eigenvalue weighted by Crippen LogP contribution is 2.30. The molecule has 0 N–H and O–H groups in total. The Kier molecular flexibility index (Phi) is 5.05. The molecular weight excluding hydrogens is 356 g/mol. The van der Waals surface area contributed by atoms with Crippen LogP contribution in [0.2, 0.25) is 0 Å². The third kappa shape index (κ3) is 3.80. The minimum absolute atomic E-state index is 0.127. The Morgan fingerprint density at radius 3 is 2.07 bits per heavy atom. The molecule has 1 saturated heterocycles. The zero-order valence-electron chi connectivity index (χ0n) is 15.0. The average molecular weight is 378 g/mol. The molecule has 0 atom stereocenters. The fourth-order valence-corrected chi connectivity index (χ4v) is 5.04. The summed E-state index contributed by atoms with van der Waals surface area (Å²) in [6.45, 7) is 1.05. The van der Waals surface area contributed by atoms with Gasteiger partial charge in [0, 0.05) is 18.7 Å². The van der Waals surface area contributed by atoms with Crippen LogP contribution in [0.15, 0.2) is 83.9 Å². The van der Waals surface area contributed by atoms with Crippen molar-refractivity contribution in [1.82, 2.24) is 9.29 Å². The van der Waals surface area contributed by atoms with Crippen LogP contribution in [0.3, 0.4) is 0 Å². The normalized spacial score (nSPS) is 16.3. The highest BCUT2D eigenvalue weighted by Gasteiger charge is 2.30. The van der Waals surface area contributed by atoms with Crippen molar-refractivity contribution in [2.24, 2.45) is 0 Å². The standard InChI is InChI=1S/C22H22N2O2S/c25-27(26,22-13-7-12-21(23-22)20-10-5-2-6-11-20)24-16-14-19(15-17-24)18-8-3-1-4-9-18/h1-13,19H,14-17H2. The van der Waals surface area contributed by atoms with Crippen molar-refractivity contribution in [2.45, 2.75) is 23.8 Å². The summed E-state index contributed by atoms with van der Waals surface area (Å²) in [5.41, 5.74) is 2.88. The first-order valence-electron chi connectivity index (χ1n) is 9.22. The van der Waals surface area contributed by atoms with Crippen molar-refractivity contribution >= 4 is 10.0 Å². The highest BCUT2D eigenvalue weighted by molar-refractivity contribution is 7.89. The van der Waals surface area contributed by atoms with Crippen molar-refractivity contribution in [3.63, 3.8) is 0 Å². The van der Waals surface area contributed by atoms with Gasteiger partial charge in [0.15, 0.2) is 5.03 Å². The summed E-state index contributed by atoms with van der Waals surface area (Å²) in [5.74, 6) is 0.418. The lowest BCUT2D eigenvalue weighted by atomic mass is 9.90. The van der Waals surface area contributed by atoms with E-state index in [1.807, 2.05) is 54.6 Å². The average Bonchev–Trinajstić information content (AvgIpc) is 2.75. The maximum Gasteiger partial charge on any atom is 0.260 e. The molecule has 2 aromatic carbocycles. The van der Waals surface area contributed by atoms with Gasteiger partial charge in [-0.25, -0.2) is 13.4 Å². The third-order valence-electron chi connectivity index (χ3n) is 5.12. The van der Waals surface area contributed by atoms with Crippen LogP contribution in [0, 0.1) is 0 Å². The van der Waals surface area contributed by atoms with Crippen LogP contribution in [-0.2, 0) is 10.0 Å². The fraction of sp³-hybridized carbons (Fsp3) is 0.227. The van der Waals surface area contributed by atoms with Crippen LogP contribution in [0.25, 0.3) is 11.3 Å². The molecule has 4 nitrogen and oxygen atoms in total. The van der Waals surface area contributed by atoms with E-state index in [1.54, 1.807) is 16.4 Å². The molecule has 1 aliphatic rings. The van der Waals surface area contributed by atoms with E-state index in [9.17, 15) is 8.42 Å². The molecule has 2 heterocycles. The number of rotatable bonds is 4. The molecule has 0 aliphatic carbocycles. The van der Waals surface area contributed by atoms with Gasteiger partial charge < -0.3 is 0 Å². The molecular formula is C22H22N2O2S. The van der Waals surface area contributed by atoms with Gasteiger partial charge in [-0.2, -0.15) is 4.31 Å². The summed E-state index contributed by atoms with van der Waals surface area (Å²) in [5, 5.41) is 0.127. The number of hydrogen-bond acceptors (Lipinski definition) is 3. The van der Waals surface area contributed by atoms with Crippen molar-refractivity contribution < 1.29 is 8.42 Å². The minimum atomic E-state index is -3.58. The second-order valence-electron chi connectivity index (χ2n) is 6.82. The molecule has 1 aromatic heterocycles. The summed E-state index contributed by atoms with van der Waals surface area (Å²) < 4.78 is 27.7. The summed E-state index contributed by atoms with van der Waals surface area (Å²) in [6.07, 6.45) is 1.67. The van der Waals surface area contributed by atoms with E-state index in [4.69, 9.17) is 0 Å². The van der Waals surface area contributed by atoms with Crippen LogP contribution in [0.4, 0.5) is 0 Å². The van der Waals surface area contributed by atoms with Gasteiger partial charge in [0.2, 0.25) is 0 Å². The van der Waals surface area contributed by atoms with Crippen molar-refractivity contribution in [1.29, 1.82) is 0 Å². The first-order chi connectivity index (χ1) is 13.1. The van der Waals surface area contributed by atoms with Gasteiger partial charge in [0.25, 0.3) is 10.0 Å². The molecule has 0 saturated carbocycles. The van der Waals surface area contributed by atoms with Crippen molar-refractivity contribution in [2.75, 3.05) is 13.1 Å². The smallest absolute Gasteiger partial charge is 0.235 e. The minimum Gasteiger partial charge on any atom is -0.235 e. The number of benzene rings is 2. The molecule has 1 aliphatic heterocycles. The molecule has 1 fully saturated rings. The molecule has 3 aromatic rings. The maximum atomic E-state index is 13.1. The molecule has 5 heteroatoms.